The van der Waals surface area contributed by atoms with Crippen molar-refractivity contribution in [3.63, 3.8) is 0 Å². The summed E-state index contributed by atoms with van der Waals surface area (Å²) >= 11 is 5.90. The van der Waals surface area contributed by atoms with Crippen molar-refractivity contribution in [2.75, 3.05) is 30.4 Å². The summed E-state index contributed by atoms with van der Waals surface area (Å²) in [5.74, 6) is 1.95. The molecular formula is C21H20ClN5O2. The standard InChI is InChI=1S/C21H20ClN5O2/c1-23-20(28)14-3-2-4-16(11-14)25-21-24-10-9-19(26-21)27-12-18(13-27)29-17-7-5-15(22)6-8-17/h2-11,18H,12-13H2,1H3,(H,23,28)(H,24,25,26). The van der Waals surface area contributed by atoms with E-state index in [-0.39, 0.29) is 12.0 Å². The second-order valence-electron chi connectivity index (χ2n) is 6.62. The van der Waals surface area contributed by atoms with E-state index in [0.717, 1.165) is 30.3 Å². The molecule has 0 radical (unpaired) electrons. The quantitative estimate of drug-likeness (QED) is 0.648. The number of carbonyl (C=O) groups is 1. The van der Waals surface area contributed by atoms with E-state index >= 15 is 0 Å². The summed E-state index contributed by atoms with van der Waals surface area (Å²) in [7, 11) is 1.60. The largest absolute Gasteiger partial charge is 0.487 e. The molecule has 0 spiro atoms. The van der Waals surface area contributed by atoms with Crippen LogP contribution in [0.4, 0.5) is 17.5 Å². The Hall–Kier alpha value is -3.32. The number of halogens is 1. The number of amides is 1. The molecule has 0 aliphatic carbocycles. The molecule has 1 amide bonds. The van der Waals surface area contributed by atoms with E-state index in [1.165, 1.54) is 0 Å². The van der Waals surface area contributed by atoms with Crippen LogP contribution < -0.4 is 20.3 Å². The number of rotatable bonds is 6. The van der Waals surface area contributed by atoms with Crippen LogP contribution in [0.1, 0.15) is 10.4 Å². The predicted octanol–water partition coefficient (Wildman–Crippen LogP) is 3.50. The summed E-state index contributed by atoms with van der Waals surface area (Å²) in [5.41, 5.74) is 1.31. The molecule has 148 valence electrons. The molecule has 1 aliphatic heterocycles. The van der Waals surface area contributed by atoms with E-state index in [2.05, 4.69) is 25.5 Å². The average Bonchev–Trinajstić information content (AvgIpc) is 2.71. The molecule has 0 atom stereocenters. The third-order valence-electron chi connectivity index (χ3n) is 4.54. The van der Waals surface area contributed by atoms with Crippen molar-refractivity contribution >= 4 is 35.0 Å². The van der Waals surface area contributed by atoms with Gasteiger partial charge in [-0.05, 0) is 48.5 Å². The maximum atomic E-state index is 11.8. The van der Waals surface area contributed by atoms with E-state index in [9.17, 15) is 4.79 Å². The van der Waals surface area contributed by atoms with Crippen LogP contribution in [0.5, 0.6) is 5.75 Å². The van der Waals surface area contributed by atoms with E-state index in [0.29, 0.717) is 16.5 Å². The van der Waals surface area contributed by atoms with Crippen molar-refractivity contribution in [2.45, 2.75) is 6.10 Å². The minimum atomic E-state index is -0.143. The lowest BCUT2D eigenvalue weighted by molar-refractivity contribution is 0.0963. The average molecular weight is 410 g/mol. The van der Waals surface area contributed by atoms with Gasteiger partial charge in [-0.15, -0.1) is 0 Å². The first-order chi connectivity index (χ1) is 14.1. The fraction of sp³-hybridized carbons (Fsp3) is 0.190. The van der Waals surface area contributed by atoms with Gasteiger partial charge < -0.3 is 20.3 Å². The number of hydrogen-bond acceptors (Lipinski definition) is 6. The molecule has 2 N–H and O–H groups in total. The predicted molar refractivity (Wildman–Crippen MR) is 113 cm³/mol. The van der Waals surface area contributed by atoms with Gasteiger partial charge in [-0.25, -0.2) is 4.98 Å². The second kappa shape index (κ2) is 8.36. The number of anilines is 3. The number of hydrogen-bond donors (Lipinski definition) is 2. The number of nitrogens with one attached hydrogen (secondary N) is 2. The van der Waals surface area contributed by atoms with Gasteiger partial charge in [-0.2, -0.15) is 4.98 Å². The maximum absolute atomic E-state index is 11.8. The Bertz CT molecular complexity index is 1010. The van der Waals surface area contributed by atoms with Crippen LogP contribution >= 0.6 is 11.6 Å². The zero-order valence-corrected chi connectivity index (χ0v) is 16.6. The van der Waals surface area contributed by atoms with Crippen molar-refractivity contribution < 1.29 is 9.53 Å². The number of carbonyl (C=O) groups excluding carboxylic acids is 1. The summed E-state index contributed by atoms with van der Waals surface area (Å²) in [4.78, 5) is 22.8. The topological polar surface area (TPSA) is 79.4 Å². The molecule has 7 nitrogen and oxygen atoms in total. The van der Waals surface area contributed by atoms with Crippen LogP contribution in [0, 0.1) is 0 Å². The highest BCUT2D eigenvalue weighted by molar-refractivity contribution is 6.30. The van der Waals surface area contributed by atoms with Gasteiger partial charge in [0.1, 0.15) is 17.7 Å². The third kappa shape index (κ3) is 4.57. The van der Waals surface area contributed by atoms with Crippen molar-refractivity contribution in [1.82, 2.24) is 15.3 Å². The Morgan fingerprint density at radius 3 is 2.72 bits per heavy atom. The van der Waals surface area contributed by atoms with Gasteiger partial charge >= 0.3 is 0 Å². The molecule has 4 rings (SSSR count). The lowest BCUT2D eigenvalue weighted by atomic mass is 10.1. The highest BCUT2D eigenvalue weighted by atomic mass is 35.5. The summed E-state index contributed by atoms with van der Waals surface area (Å²) in [6.45, 7) is 1.48. The van der Waals surface area contributed by atoms with Crippen molar-refractivity contribution in [3.05, 3.63) is 71.4 Å². The molecule has 1 aliphatic rings. The van der Waals surface area contributed by atoms with Crippen LogP contribution in [0.3, 0.4) is 0 Å². The minimum Gasteiger partial charge on any atom is -0.487 e. The summed E-state index contributed by atoms with van der Waals surface area (Å²) in [5, 5.41) is 6.45. The number of benzene rings is 2. The van der Waals surface area contributed by atoms with Gasteiger partial charge in [0.2, 0.25) is 5.95 Å². The highest BCUT2D eigenvalue weighted by Crippen LogP contribution is 2.25. The molecule has 0 saturated carbocycles. The minimum absolute atomic E-state index is 0.104. The fourth-order valence-electron chi connectivity index (χ4n) is 3.00. The van der Waals surface area contributed by atoms with Crippen LogP contribution in [-0.2, 0) is 0 Å². The zero-order valence-electron chi connectivity index (χ0n) is 15.8. The van der Waals surface area contributed by atoms with Gasteiger partial charge in [-0.1, -0.05) is 17.7 Å². The third-order valence-corrected chi connectivity index (χ3v) is 4.79. The lowest BCUT2D eigenvalue weighted by Gasteiger charge is -2.39. The van der Waals surface area contributed by atoms with Crippen LogP contribution in [0.25, 0.3) is 0 Å². The molecular weight excluding hydrogens is 390 g/mol. The summed E-state index contributed by atoms with van der Waals surface area (Å²) < 4.78 is 5.93. The highest BCUT2D eigenvalue weighted by Gasteiger charge is 2.29. The van der Waals surface area contributed by atoms with Gasteiger partial charge in [0.15, 0.2) is 0 Å². The van der Waals surface area contributed by atoms with Gasteiger partial charge in [-0.3, -0.25) is 4.79 Å². The van der Waals surface area contributed by atoms with Crippen molar-refractivity contribution in [1.29, 1.82) is 0 Å². The van der Waals surface area contributed by atoms with E-state index < -0.39 is 0 Å². The van der Waals surface area contributed by atoms with E-state index in [1.54, 1.807) is 25.4 Å². The lowest BCUT2D eigenvalue weighted by Crippen LogP contribution is -2.54. The van der Waals surface area contributed by atoms with Crippen molar-refractivity contribution in [2.24, 2.45) is 0 Å². The smallest absolute Gasteiger partial charge is 0.251 e. The molecule has 1 fully saturated rings. The number of nitrogens with zero attached hydrogens (tertiary/aromatic N) is 3. The maximum Gasteiger partial charge on any atom is 0.251 e. The number of ether oxygens (including phenoxy) is 1. The molecule has 2 aromatic carbocycles. The van der Waals surface area contributed by atoms with E-state index in [4.69, 9.17) is 16.3 Å². The van der Waals surface area contributed by atoms with Crippen molar-refractivity contribution in [3.8, 4) is 5.75 Å². The Labute approximate surface area is 173 Å². The molecule has 0 unspecified atom stereocenters. The van der Waals surface area contributed by atoms with Crippen LogP contribution in [0.2, 0.25) is 5.02 Å². The first-order valence-corrected chi connectivity index (χ1v) is 9.58. The molecule has 8 heteroatoms. The van der Waals surface area contributed by atoms with E-state index in [1.807, 2.05) is 42.5 Å². The van der Waals surface area contributed by atoms with Crippen LogP contribution in [0.15, 0.2) is 60.8 Å². The molecule has 1 saturated heterocycles. The SMILES string of the molecule is CNC(=O)c1cccc(Nc2nccc(N3CC(Oc4ccc(Cl)cc4)C3)n2)c1. The zero-order chi connectivity index (χ0) is 20.2. The molecule has 3 aromatic rings. The van der Waals surface area contributed by atoms with Gasteiger partial charge in [0, 0.05) is 29.5 Å². The fourth-order valence-corrected chi connectivity index (χ4v) is 3.13. The Morgan fingerprint density at radius 2 is 1.97 bits per heavy atom. The summed E-state index contributed by atoms with van der Waals surface area (Å²) in [6.07, 6.45) is 1.81. The number of aromatic nitrogens is 2. The summed E-state index contributed by atoms with van der Waals surface area (Å²) in [6, 6.07) is 16.4. The Kier molecular flexibility index (Phi) is 5.48. The Balaban J connectivity index is 1.37. The van der Waals surface area contributed by atoms with Crippen LogP contribution in [-0.4, -0.2) is 42.1 Å². The normalized spacial score (nSPS) is 13.5. The molecule has 29 heavy (non-hydrogen) atoms. The van der Waals surface area contributed by atoms with Gasteiger partial charge in [0.25, 0.3) is 5.91 Å². The molecule has 0 bridgehead atoms. The van der Waals surface area contributed by atoms with Gasteiger partial charge in [0.05, 0.1) is 13.1 Å². The first kappa shape index (κ1) is 19.0. The second-order valence-corrected chi connectivity index (χ2v) is 7.06. The first-order valence-electron chi connectivity index (χ1n) is 9.20. The Morgan fingerprint density at radius 1 is 1.17 bits per heavy atom. The molecule has 2 heterocycles. The monoisotopic (exact) mass is 409 g/mol. The molecule has 1 aromatic heterocycles.